The van der Waals surface area contributed by atoms with Gasteiger partial charge in [-0.3, -0.25) is 4.79 Å². The maximum Gasteiger partial charge on any atom is 0.282 e. The molecule has 0 spiro atoms. The molecule has 112 valence electrons. The number of amidine groups is 1. The fraction of sp³-hybridized carbons (Fsp3) is 0.250. The minimum absolute atomic E-state index is 0.0735. The Morgan fingerprint density at radius 1 is 1.14 bits per heavy atom. The molecule has 2 aromatic rings. The molecular weight excluding hydrogens is 280 g/mol. The van der Waals surface area contributed by atoms with Crippen LogP contribution >= 0.6 is 0 Å². The average molecular weight is 296 g/mol. The summed E-state index contributed by atoms with van der Waals surface area (Å²) >= 11 is 0. The molecule has 22 heavy (non-hydrogen) atoms. The first-order valence-corrected chi connectivity index (χ1v) is 7.08. The quantitative estimate of drug-likeness (QED) is 0.863. The highest BCUT2D eigenvalue weighted by Gasteiger charge is 2.15. The zero-order chi connectivity index (χ0) is 15.4. The van der Waals surface area contributed by atoms with E-state index in [1.807, 2.05) is 18.2 Å². The van der Waals surface area contributed by atoms with E-state index in [9.17, 15) is 4.79 Å². The van der Waals surface area contributed by atoms with Crippen LogP contribution in [0.15, 0.2) is 41.9 Å². The fourth-order valence-electron chi connectivity index (χ4n) is 2.40. The molecule has 2 heterocycles. The van der Waals surface area contributed by atoms with Crippen LogP contribution in [0.4, 0.5) is 0 Å². The standard InChI is InChI=1S/C16H16N4O2/c17-16-20-5-1-2-11-3-4-12(13-7-18-10-19-8-13)6-14(11)15(21)9-22-16/h3-4,6-8,10H,1-2,5,9H2,(H2,17,20). The summed E-state index contributed by atoms with van der Waals surface area (Å²) in [7, 11) is 0. The summed E-state index contributed by atoms with van der Waals surface area (Å²) < 4.78 is 5.19. The number of nitrogens with two attached hydrogens (primary N) is 1. The van der Waals surface area contributed by atoms with Crippen LogP contribution in [-0.4, -0.2) is 34.9 Å². The first kappa shape index (κ1) is 14.2. The number of ether oxygens (including phenoxy) is 1. The van der Waals surface area contributed by atoms with Crippen LogP contribution in [0.1, 0.15) is 22.3 Å². The van der Waals surface area contributed by atoms with Gasteiger partial charge in [-0.1, -0.05) is 12.1 Å². The van der Waals surface area contributed by atoms with E-state index >= 15 is 0 Å². The van der Waals surface area contributed by atoms with E-state index in [0.29, 0.717) is 12.1 Å². The minimum atomic E-state index is -0.103. The van der Waals surface area contributed by atoms with Gasteiger partial charge in [-0.15, -0.1) is 0 Å². The number of fused-ring (bicyclic) bond motifs is 1. The van der Waals surface area contributed by atoms with Gasteiger partial charge in [0.15, 0.2) is 6.61 Å². The lowest BCUT2D eigenvalue weighted by Gasteiger charge is -2.13. The van der Waals surface area contributed by atoms with Crippen LogP contribution in [0.5, 0.6) is 0 Å². The molecule has 3 rings (SSSR count). The van der Waals surface area contributed by atoms with Gasteiger partial charge in [-0.25, -0.2) is 15.0 Å². The smallest absolute Gasteiger partial charge is 0.282 e. The molecule has 1 aromatic carbocycles. The number of ketones is 1. The van der Waals surface area contributed by atoms with E-state index in [4.69, 9.17) is 10.5 Å². The first-order valence-electron chi connectivity index (χ1n) is 7.08. The molecule has 0 amide bonds. The van der Waals surface area contributed by atoms with Gasteiger partial charge in [0, 0.05) is 30.1 Å². The number of aliphatic imine (C=N–C) groups is 1. The third-order valence-electron chi connectivity index (χ3n) is 3.53. The Hall–Kier alpha value is -2.76. The van der Waals surface area contributed by atoms with Crippen LogP contribution in [-0.2, 0) is 11.2 Å². The number of benzene rings is 1. The molecule has 0 saturated carbocycles. The van der Waals surface area contributed by atoms with Crippen molar-refractivity contribution in [3.63, 3.8) is 0 Å². The summed E-state index contributed by atoms with van der Waals surface area (Å²) in [6, 6.07) is 5.90. The van der Waals surface area contributed by atoms with Crippen molar-refractivity contribution in [1.82, 2.24) is 9.97 Å². The van der Waals surface area contributed by atoms with Crippen molar-refractivity contribution in [2.45, 2.75) is 12.8 Å². The van der Waals surface area contributed by atoms with Crippen LogP contribution in [0.3, 0.4) is 0 Å². The number of Topliss-reactive ketones (excluding diaryl/α,β-unsaturated/α-hetero) is 1. The Kier molecular flexibility index (Phi) is 4.09. The summed E-state index contributed by atoms with van der Waals surface area (Å²) in [5.74, 6) is -0.103. The lowest BCUT2D eigenvalue weighted by molar-refractivity contribution is 0.0910. The Morgan fingerprint density at radius 3 is 2.77 bits per heavy atom. The van der Waals surface area contributed by atoms with Crippen molar-refractivity contribution in [3.8, 4) is 11.1 Å². The summed E-state index contributed by atoms with van der Waals surface area (Å²) in [5, 5.41) is 0. The molecule has 0 atom stereocenters. The molecule has 1 aromatic heterocycles. The van der Waals surface area contributed by atoms with Crippen LogP contribution in [0, 0.1) is 0 Å². The van der Waals surface area contributed by atoms with E-state index in [2.05, 4.69) is 15.0 Å². The summed E-state index contributed by atoms with van der Waals surface area (Å²) in [5.41, 5.74) is 9.04. The lowest BCUT2D eigenvalue weighted by atomic mass is 9.95. The zero-order valence-corrected chi connectivity index (χ0v) is 12.0. The number of aryl methyl sites for hydroxylation is 1. The lowest BCUT2D eigenvalue weighted by Crippen LogP contribution is -2.23. The molecule has 0 bridgehead atoms. The van der Waals surface area contributed by atoms with Crippen LogP contribution in [0.25, 0.3) is 11.1 Å². The molecule has 6 heteroatoms. The number of carbonyl (C=O) groups is 1. The molecule has 0 fully saturated rings. The van der Waals surface area contributed by atoms with Crippen LogP contribution in [0.2, 0.25) is 0 Å². The summed E-state index contributed by atoms with van der Waals surface area (Å²) in [6.07, 6.45) is 6.52. The summed E-state index contributed by atoms with van der Waals surface area (Å²) in [4.78, 5) is 24.5. The van der Waals surface area contributed by atoms with Gasteiger partial charge in [0.1, 0.15) is 6.33 Å². The molecule has 2 N–H and O–H groups in total. The monoisotopic (exact) mass is 296 g/mol. The molecule has 0 saturated heterocycles. The van der Waals surface area contributed by atoms with E-state index < -0.39 is 0 Å². The van der Waals surface area contributed by atoms with Gasteiger partial charge in [0.25, 0.3) is 6.02 Å². The molecule has 0 aliphatic carbocycles. The van der Waals surface area contributed by atoms with E-state index in [1.165, 1.54) is 6.33 Å². The van der Waals surface area contributed by atoms with Gasteiger partial charge in [0.2, 0.25) is 5.78 Å². The Balaban J connectivity index is 1.97. The largest absolute Gasteiger partial charge is 0.457 e. The average Bonchev–Trinajstić information content (AvgIpc) is 2.57. The fourth-order valence-corrected chi connectivity index (χ4v) is 2.40. The molecule has 0 radical (unpaired) electrons. The van der Waals surface area contributed by atoms with Crippen molar-refractivity contribution in [2.75, 3.05) is 13.2 Å². The first-order chi connectivity index (χ1) is 10.7. The van der Waals surface area contributed by atoms with Crippen molar-refractivity contribution in [1.29, 1.82) is 0 Å². The van der Waals surface area contributed by atoms with Gasteiger partial charge in [0.05, 0.1) is 0 Å². The molecule has 0 unspecified atom stereocenters. The molecule has 6 nitrogen and oxygen atoms in total. The van der Waals surface area contributed by atoms with Crippen molar-refractivity contribution in [3.05, 3.63) is 48.0 Å². The van der Waals surface area contributed by atoms with E-state index in [0.717, 1.165) is 29.5 Å². The second-order valence-corrected chi connectivity index (χ2v) is 5.03. The summed E-state index contributed by atoms with van der Waals surface area (Å²) in [6.45, 7) is 0.491. The van der Waals surface area contributed by atoms with E-state index in [-0.39, 0.29) is 18.4 Å². The predicted octanol–water partition coefficient (Wildman–Crippen LogP) is 1.60. The van der Waals surface area contributed by atoms with E-state index in [1.54, 1.807) is 12.4 Å². The highest BCUT2D eigenvalue weighted by atomic mass is 16.5. The minimum Gasteiger partial charge on any atom is -0.457 e. The Labute approximate surface area is 128 Å². The number of carbonyl (C=O) groups excluding carboxylic acids is 1. The van der Waals surface area contributed by atoms with Crippen LogP contribution < -0.4 is 5.73 Å². The van der Waals surface area contributed by atoms with Crippen molar-refractivity contribution < 1.29 is 9.53 Å². The second kappa shape index (κ2) is 6.34. The molecule has 1 aliphatic rings. The van der Waals surface area contributed by atoms with Gasteiger partial charge in [-0.2, -0.15) is 0 Å². The highest BCUT2D eigenvalue weighted by Crippen LogP contribution is 2.23. The normalized spacial score (nSPS) is 15.5. The predicted molar refractivity (Wildman–Crippen MR) is 82.6 cm³/mol. The van der Waals surface area contributed by atoms with Gasteiger partial charge in [-0.05, 0) is 30.0 Å². The van der Waals surface area contributed by atoms with Crippen molar-refractivity contribution >= 4 is 11.8 Å². The number of hydrogen-bond acceptors (Lipinski definition) is 6. The third kappa shape index (κ3) is 3.11. The maximum absolute atomic E-state index is 12.4. The molecular formula is C16H16N4O2. The highest BCUT2D eigenvalue weighted by molar-refractivity contribution is 6.00. The Morgan fingerprint density at radius 2 is 1.95 bits per heavy atom. The number of hydrogen-bond donors (Lipinski definition) is 1. The van der Waals surface area contributed by atoms with Crippen molar-refractivity contribution in [2.24, 2.45) is 10.7 Å². The number of rotatable bonds is 1. The molecule has 1 aliphatic heterocycles. The number of nitrogens with zero attached hydrogens (tertiary/aromatic N) is 3. The SMILES string of the molecule is NC1=NCCCc2ccc(-c3cncnc3)cc2C(=O)CO1. The Bertz CT molecular complexity index is 713. The van der Waals surface area contributed by atoms with Gasteiger partial charge >= 0.3 is 0 Å². The maximum atomic E-state index is 12.4. The topological polar surface area (TPSA) is 90.5 Å². The zero-order valence-electron chi connectivity index (χ0n) is 12.0. The number of aromatic nitrogens is 2. The van der Waals surface area contributed by atoms with Gasteiger partial charge < -0.3 is 10.5 Å². The second-order valence-electron chi connectivity index (χ2n) is 5.03. The third-order valence-corrected chi connectivity index (χ3v) is 3.53.